The first-order chi connectivity index (χ1) is 18.0. The third kappa shape index (κ3) is 7.14. The monoisotopic (exact) mass is 555 g/mol. The van der Waals surface area contributed by atoms with E-state index in [1.807, 2.05) is 58.0 Å². The fraction of sp³-hybridized carbons (Fsp3) is 0.310. The molecule has 0 aliphatic rings. The molecule has 0 spiro atoms. The Morgan fingerprint density at radius 1 is 0.921 bits per heavy atom. The first-order valence-electron chi connectivity index (χ1n) is 12.5. The van der Waals surface area contributed by atoms with Gasteiger partial charge in [-0.2, -0.15) is 0 Å². The van der Waals surface area contributed by atoms with Crippen LogP contribution in [-0.4, -0.2) is 43.8 Å². The minimum Gasteiger partial charge on any atom is -0.352 e. The summed E-state index contributed by atoms with van der Waals surface area (Å²) in [4.78, 5) is 28.6. The van der Waals surface area contributed by atoms with Gasteiger partial charge in [-0.3, -0.25) is 13.9 Å². The summed E-state index contributed by atoms with van der Waals surface area (Å²) in [5, 5.41) is 3.07. The molecule has 0 aliphatic heterocycles. The third-order valence-corrected chi connectivity index (χ3v) is 8.12. The lowest BCUT2D eigenvalue weighted by molar-refractivity contribution is -0.140. The zero-order valence-corrected chi connectivity index (χ0v) is 23.7. The quantitative estimate of drug-likeness (QED) is 0.353. The minimum absolute atomic E-state index is 0.0371. The predicted molar refractivity (Wildman–Crippen MR) is 152 cm³/mol. The van der Waals surface area contributed by atoms with E-state index in [-0.39, 0.29) is 34.1 Å². The van der Waals surface area contributed by atoms with Gasteiger partial charge in [0.25, 0.3) is 10.0 Å². The highest BCUT2D eigenvalue weighted by Crippen LogP contribution is 2.31. The number of benzene rings is 3. The number of aryl methyl sites for hydroxylation is 1. The van der Waals surface area contributed by atoms with Crippen molar-refractivity contribution >= 4 is 39.1 Å². The number of para-hydroxylation sites is 1. The number of carbonyl (C=O) groups excluding carboxylic acids is 2. The number of hydrogen-bond acceptors (Lipinski definition) is 4. The summed E-state index contributed by atoms with van der Waals surface area (Å²) in [6.07, 6.45) is 0.355. The van der Waals surface area contributed by atoms with Crippen molar-refractivity contribution in [3.8, 4) is 0 Å². The van der Waals surface area contributed by atoms with Crippen LogP contribution in [0.1, 0.15) is 38.3 Å². The highest BCUT2D eigenvalue weighted by atomic mass is 35.5. The van der Waals surface area contributed by atoms with E-state index >= 15 is 0 Å². The molecule has 0 unspecified atom stereocenters. The average Bonchev–Trinajstić information content (AvgIpc) is 2.88. The van der Waals surface area contributed by atoms with Gasteiger partial charge in [-0.05, 0) is 57.0 Å². The summed E-state index contributed by atoms with van der Waals surface area (Å²) < 4.78 is 28.7. The van der Waals surface area contributed by atoms with Crippen molar-refractivity contribution in [1.29, 1.82) is 0 Å². The van der Waals surface area contributed by atoms with Crippen LogP contribution in [0, 0.1) is 6.92 Å². The van der Waals surface area contributed by atoms with E-state index in [0.29, 0.717) is 6.42 Å². The van der Waals surface area contributed by atoms with Gasteiger partial charge in [-0.1, -0.05) is 78.7 Å². The van der Waals surface area contributed by atoms with Gasteiger partial charge in [0, 0.05) is 12.6 Å². The van der Waals surface area contributed by atoms with Gasteiger partial charge >= 0.3 is 0 Å². The molecule has 0 aromatic heterocycles. The molecule has 0 heterocycles. The molecule has 38 heavy (non-hydrogen) atoms. The molecular formula is C29H34ClN3O4S. The Morgan fingerprint density at radius 3 is 2.11 bits per heavy atom. The lowest BCUT2D eigenvalue weighted by Crippen LogP contribution is -2.53. The summed E-state index contributed by atoms with van der Waals surface area (Å²) in [5.74, 6) is -0.812. The molecule has 9 heteroatoms. The van der Waals surface area contributed by atoms with Crippen molar-refractivity contribution < 1.29 is 18.0 Å². The molecule has 3 rings (SSSR count). The van der Waals surface area contributed by atoms with Gasteiger partial charge in [0.2, 0.25) is 11.8 Å². The normalized spacial score (nSPS) is 12.2. The van der Waals surface area contributed by atoms with Crippen molar-refractivity contribution in [2.75, 3.05) is 10.8 Å². The number of hydrogen-bond donors (Lipinski definition) is 1. The molecule has 0 saturated carbocycles. The summed E-state index contributed by atoms with van der Waals surface area (Å²) in [6.45, 7) is 7.00. The first-order valence-corrected chi connectivity index (χ1v) is 14.3. The molecule has 0 saturated heterocycles. The van der Waals surface area contributed by atoms with Gasteiger partial charge in [0.15, 0.2) is 0 Å². The molecule has 2 amide bonds. The second kappa shape index (κ2) is 12.9. The lowest BCUT2D eigenvalue weighted by atomic mass is 10.1. The molecule has 0 fully saturated rings. The van der Waals surface area contributed by atoms with Crippen molar-refractivity contribution in [2.45, 2.75) is 57.6 Å². The summed E-state index contributed by atoms with van der Waals surface area (Å²) in [6, 6.07) is 21.3. The number of amides is 2. The zero-order chi connectivity index (χ0) is 27.9. The topological polar surface area (TPSA) is 86.8 Å². The van der Waals surface area contributed by atoms with Gasteiger partial charge in [0.1, 0.15) is 12.6 Å². The second-order valence-corrected chi connectivity index (χ2v) is 11.6. The Morgan fingerprint density at radius 2 is 1.53 bits per heavy atom. The van der Waals surface area contributed by atoms with Gasteiger partial charge < -0.3 is 10.2 Å². The highest BCUT2D eigenvalue weighted by Gasteiger charge is 2.34. The van der Waals surface area contributed by atoms with E-state index in [4.69, 9.17) is 11.6 Å². The summed E-state index contributed by atoms with van der Waals surface area (Å²) in [5.41, 5.74) is 1.91. The van der Waals surface area contributed by atoms with Crippen molar-refractivity contribution in [3.63, 3.8) is 0 Å². The summed E-state index contributed by atoms with van der Waals surface area (Å²) in [7, 11) is -4.17. The van der Waals surface area contributed by atoms with Gasteiger partial charge in [-0.25, -0.2) is 8.42 Å². The molecule has 202 valence electrons. The first kappa shape index (κ1) is 29.2. The van der Waals surface area contributed by atoms with E-state index in [0.717, 1.165) is 15.4 Å². The van der Waals surface area contributed by atoms with Gasteiger partial charge in [-0.15, -0.1) is 0 Å². The Labute approximate surface area is 230 Å². The molecule has 0 radical (unpaired) electrons. The number of rotatable bonds is 11. The van der Waals surface area contributed by atoms with Crippen LogP contribution in [0.5, 0.6) is 0 Å². The van der Waals surface area contributed by atoms with Crippen LogP contribution < -0.4 is 9.62 Å². The smallest absolute Gasteiger partial charge is 0.264 e. The van der Waals surface area contributed by atoms with E-state index < -0.39 is 28.5 Å². The number of nitrogens with one attached hydrogen (secondary N) is 1. The SMILES string of the molecule is CC[C@@H](C(=O)NC(C)C)N(Cc1ccccc1)C(=O)CN(c1ccccc1Cl)S(=O)(=O)c1ccc(C)cc1. The maximum atomic E-state index is 14.0. The Balaban J connectivity index is 2.06. The van der Waals surface area contributed by atoms with Crippen LogP contribution >= 0.6 is 11.6 Å². The minimum atomic E-state index is -4.17. The van der Waals surface area contributed by atoms with Crippen LogP contribution in [0.4, 0.5) is 5.69 Å². The van der Waals surface area contributed by atoms with E-state index in [9.17, 15) is 18.0 Å². The van der Waals surface area contributed by atoms with Crippen molar-refractivity contribution in [1.82, 2.24) is 10.2 Å². The second-order valence-electron chi connectivity index (χ2n) is 9.37. The molecular weight excluding hydrogens is 522 g/mol. The molecule has 3 aromatic rings. The maximum absolute atomic E-state index is 14.0. The number of halogens is 1. The molecule has 0 aliphatic carbocycles. The number of sulfonamides is 1. The van der Waals surface area contributed by atoms with Crippen LogP contribution in [-0.2, 0) is 26.2 Å². The van der Waals surface area contributed by atoms with E-state index in [2.05, 4.69) is 5.32 Å². The van der Waals surface area contributed by atoms with Crippen LogP contribution in [0.15, 0.2) is 83.8 Å². The molecule has 1 N–H and O–H groups in total. The molecule has 1 atom stereocenters. The fourth-order valence-corrected chi connectivity index (χ4v) is 5.81. The standard InChI is InChI=1S/C29H34ClN3O4S/c1-5-26(29(35)31-21(2)3)32(19-23-11-7-6-8-12-23)28(34)20-33(27-14-10-9-13-25(27)30)38(36,37)24-17-15-22(4)16-18-24/h6-18,21,26H,5,19-20H2,1-4H3,(H,31,35)/t26-/m0/s1. The highest BCUT2D eigenvalue weighted by molar-refractivity contribution is 7.92. The van der Waals surface area contributed by atoms with Gasteiger partial charge in [0.05, 0.1) is 15.6 Å². The lowest BCUT2D eigenvalue weighted by Gasteiger charge is -2.33. The Kier molecular flexibility index (Phi) is 9.94. The van der Waals surface area contributed by atoms with Crippen LogP contribution in [0.25, 0.3) is 0 Å². The van der Waals surface area contributed by atoms with E-state index in [1.165, 1.54) is 17.0 Å². The molecule has 3 aromatic carbocycles. The van der Waals surface area contributed by atoms with Crippen LogP contribution in [0.3, 0.4) is 0 Å². The number of carbonyl (C=O) groups is 2. The molecule has 0 bridgehead atoms. The predicted octanol–water partition coefficient (Wildman–Crippen LogP) is 5.18. The molecule has 7 nitrogen and oxygen atoms in total. The number of nitrogens with zero attached hydrogens (tertiary/aromatic N) is 2. The van der Waals surface area contributed by atoms with Crippen molar-refractivity contribution in [3.05, 3.63) is 95.0 Å². The van der Waals surface area contributed by atoms with Crippen LogP contribution in [0.2, 0.25) is 5.02 Å². The Hall–Kier alpha value is -3.36. The number of anilines is 1. The zero-order valence-electron chi connectivity index (χ0n) is 22.1. The summed E-state index contributed by atoms with van der Waals surface area (Å²) >= 11 is 6.43. The van der Waals surface area contributed by atoms with Crippen molar-refractivity contribution in [2.24, 2.45) is 0 Å². The maximum Gasteiger partial charge on any atom is 0.264 e. The van der Waals surface area contributed by atoms with E-state index in [1.54, 1.807) is 36.4 Å². The Bertz CT molecular complexity index is 1350. The third-order valence-electron chi connectivity index (χ3n) is 6.02. The fourth-order valence-electron chi connectivity index (χ4n) is 4.09. The largest absolute Gasteiger partial charge is 0.352 e. The average molecular weight is 556 g/mol.